The Hall–Kier alpha value is -1.82. The summed E-state index contributed by atoms with van der Waals surface area (Å²) in [5, 5.41) is 8.82. The number of carbonyl (C=O) groups is 1. The van der Waals surface area contributed by atoms with E-state index in [0.717, 1.165) is 19.3 Å². The van der Waals surface area contributed by atoms with E-state index in [2.05, 4.69) is 24.3 Å². The van der Waals surface area contributed by atoms with E-state index >= 15 is 0 Å². The second-order valence-corrected chi connectivity index (χ2v) is 5.46. The van der Waals surface area contributed by atoms with Crippen molar-refractivity contribution in [1.29, 1.82) is 5.26 Å². The molecular formula is C16H20N2O. The van der Waals surface area contributed by atoms with E-state index in [1.165, 1.54) is 11.1 Å². The van der Waals surface area contributed by atoms with Gasteiger partial charge in [0.05, 0.1) is 12.0 Å². The van der Waals surface area contributed by atoms with Crippen molar-refractivity contribution in [3.8, 4) is 6.07 Å². The van der Waals surface area contributed by atoms with E-state index in [0.29, 0.717) is 6.54 Å². The topological polar surface area (TPSA) is 44.1 Å². The van der Waals surface area contributed by atoms with Crippen molar-refractivity contribution < 1.29 is 4.79 Å². The van der Waals surface area contributed by atoms with Crippen LogP contribution in [-0.4, -0.2) is 24.4 Å². The molecule has 0 spiro atoms. The number of hydrogen-bond acceptors (Lipinski definition) is 2. The fraction of sp³-hybridized carbons (Fsp3) is 0.500. The number of nitriles is 1. The molecule has 0 N–H and O–H groups in total. The van der Waals surface area contributed by atoms with E-state index < -0.39 is 0 Å². The van der Waals surface area contributed by atoms with Gasteiger partial charge in [-0.05, 0) is 37.3 Å². The molecule has 2 unspecified atom stereocenters. The third kappa shape index (κ3) is 3.14. The Morgan fingerprint density at radius 3 is 2.84 bits per heavy atom. The Morgan fingerprint density at radius 2 is 2.16 bits per heavy atom. The summed E-state index contributed by atoms with van der Waals surface area (Å²) in [6, 6.07) is 10.5. The SMILES string of the molecule is CC(C#N)CN(C)C(=O)C1CCc2ccccc2C1. The zero-order valence-corrected chi connectivity index (χ0v) is 11.6. The molecule has 1 amide bonds. The normalized spacial score (nSPS) is 19.1. The van der Waals surface area contributed by atoms with Gasteiger partial charge in [0, 0.05) is 19.5 Å². The minimum Gasteiger partial charge on any atom is -0.344 e. The number of rotatable bonds is 3. The van der Waals surface area contributed by atoms with Crippen LogP contribution in [0.4, 0.5) is 0 Å². The molecule has 2 rings (SSSR count). The highest BCUT2D eigenvalue weighted by molar-refractivity contribution is 5.79. The molecule has 0 fully saturated rings. The van der Waals surface area contributed by atoms with Crippen LogP contribution < -0.4 is 0 Å². The quantitative estimate of drug-likeness (QED) is 0.833. The van der Waals surface area contributed by atoms with Gasteiger partial charge in [-0.15, -0.1) is 0 Å². The summed E-state index contributed by atoms with van der Waals surface area (Å²) < 4.78 is 0. The van der Waals surface area contributed by atoms with Crippen LogP contribution in [0.1, 0.15) is 24.5 Å². The first-order valence-electron chi connectivity index (χ1n) is 6.83. The molecule has 2 atom stereocenters. The molecule has 1 aliphatic rings. The largest absolute Gasteiger partial charge is 0.344 e. The molecule has 1 aliphatic carbocycles. The Balaban J connectivity index is 2.01. The van der Waals surface area contributed by atoms with Gasteiger partial charge in [0.25, 0.3) is 0 Å². The average molecular weight is 256 g/mol. The fourth-order valence-electron chi connectivity index (χ4n) is 2.76. The second-order valence-electron chi connectivity index (χ2n) is 5.46. The number of amides is 1. The second kappa shape index (κ2) is 5.88. The molecule has 0 heterocycles. The summed E-state index contributed by atoms with van der Waals surface area (Å²) in [5.74, 6) is 0.146. The Labute approximate surface area is 114 Å². The van der Waals surface area contributed by atoms with Gasteiger partial charge >= 0.3 is 0 Å². The summed E-state index contributed by atoms with van der Waals surface area (Å²) in [6.07, 6.45) is 2.73. The van der Waals surface area contributed by atoms with E-state index in [1.54, 1.807) is 11.9 Å². The molecule has 0 saturated carbocycles. The minimum absolute atomic E-state index is 0.0748. The first-order chi connectivity index (χ1) is 9.11. The molecule has 3 heteroatoms. The fourth-order valence-corrected chi connectivity index (χ4v) is 2.76. The summed E-state index contributed by atoms with van der Waals surface area (Å²) in [7, 11) is 1.80. The number of nitrogens with zero attached hydrogens (tertiary/aromatic N) is 2. The lowest BCUT2D eigenvalue weighted by molar-refractivity contribution is -0.134. The van der Waals surface area contributed by atoms with Gasteiger partial charge < -0.3 is 4.90 Å². The molecule has 0 bridgehead atoms. The van der Waals surface area contributed by atoms with Gasteiger partial charge in [-0.1, -0.05) is 24.3 Å². The van der Waals surface area contributed by atoms with Crippen LogP contribution in [0.3, 0.4) is 0 Å². The zero-order chi connectivity index (χ0) is 13.8. The van der Waals surface area contributed by atoms with Gasteiger partial charge in [0.1, 0.15) is 0 Å². The van der Waals surface area contributed by atoms with Gasteiger partial charge in [0.2, 0.25) is 5.91 Å². The summed E-state index contributed by atoms with van der Waals surface area (Å²) in [6.45, 7) is 2.37. The predicted molar refractivity (Wildman–Crippen MR) is 74.4 cm³/mol. The van der Waals surface area contributed by atoms with Crippen molar-refractivity contribution in [2.75, 3.05) is 13.6 Å². The van der Waals surface area contributed by atoms with Crippen molar-refractivity contribution in [3.63, 3.8) is 0 Å². The number of aryl methyl sites for hydroxylation is 1. The Morgan fingerprint density at radius 1 is 1.47 bits per heavy atom. The van der Waals surface area contributed by atoms with Crippen LogP contribution in [0, 0.1) is 23.2 Å². The van der Waals surface area contributed by atoms with Gasteiger partial charge in [-0.25, -0.2) is 0 Å². The molecule has 1 aromatic rings. The van der Waals surface area contributed by atoms with Crippen molar-refractivity contribution in [3.05, 3.63) is 35.4 Å². The van der Waals surface area contributed by atoms with Crippen molar-refractivity contribution >= 4 is 5.91 Å². The van der Waals surface area contributed by atoms with E-state index in [4.69, 9.17) is 5.26 Å². The first kappa shape index (κ1) is 13.6. The summed E-state index contributed by atoms with van der Waals surface area (Å²) in [5.41, 5.74) is 2.67. The molecule has 0 radical (unpaired) electrons. The summed E-state index contributed by atoms with van der Waals surface area (Å²) in [4.78, 5) is 14.1. The van der Waals surface area contributed by atoms with E-state index in [1.807, 2.05) is 13.0 Å². The van der Waals surface area contributed by atoms with E-state index in [9.17, 15) is 4.79 Å². The maximum atomic E-state index is 12.4. The third-order valence-corrected chi connectivity index (χ3v) is 3.84. The average Bonchev–Trinajstić information content (AvgIpc) is 2.45. The maximum absolute atomic E-state index is 12.4. The lowest BCUT2D eigenvalue weighted by Crippen LogP contribution is -2.37. The molecule has 1 aromatic carbocycles. The van der Waals surface area contributed by atoms with Crippen LogP contribution in [0.15, 0.2) is 24.3 Å². The van der Waals surface area contributed by atoms with Crippen LogP contribution in [0.25, 0.3) is 0 Å². The lowest BCUT2D eigenvalue weighted by atomic mass is 9.83. The molecule has 0 aromatic heterocycles. The molecular weight excluding hydrogens is 236 g/mol. The zero-order valence-electron chi connectivity index (χ0n) is 11.6. The summed E-state index contributed by atoms with van der Waals surface area (Å²) >= 11 is 0. The highest BCUT2D eigenvalue weighted by atomic mass is 16.2. The highest BCUT2D eigenvalue weighted by Gasteiger charge is 2.27. The smallest absolute Gasteiger partial charge is 0.225 e. The third-order valence-electron chi connectivity index (χ3n) is 3.84. The monoisotopic (exact) mass is 256 g/mol. The minimum atomic E-state index is -0.107. The lowest BCUT2D eigenvalue weighted by Gasteiger charge is -2.28. The molecule has 0 aliphatic heterocycles. The molecule has 0 saturated heterocycles. The van der Waals surface area contributed by atoms with Crippen molar-refractivity contribution in [2.45, 2.75) is 26.2 Å². The van der Waals surface area contributed by atoms with Crippen LogP contribution in [0.2, 0.25) is 0 Å². The van der Waals surface area contributed by atoms with Crippen molar-refractivity contribution in [2.24, 2.45) is 11.8 Å². The Bertz CT molecular complexity index is 504. The number of benzene rings is 1. The van der Waals surface area contributed by atoms with Crippen molar-refractivity contribution in [1.82, 2.24) is 4.90 Å². The molecule has 19 heavy (non-hydrogen) atoms. The predicted octanol–water partition coefficient (Wildman–Crippen LogP) is 2.41. The van der Waals surface area contributed by atoms with Gasteiger partial charge in [0.15, 0.2) is 0 Å². The highest BCUT2D eigenvalue weighted by Crippen LogP contribution is 2.26. The van der Waals surface area contributed by atoms with E-state index in [-0.39, 0.29) is 17.7 Å². The Kier molecular flexibility index (Phi) is 4.21. The number of fused-ring (bicyclic) bond motifs is 1. The number of carbonyl (C=O) groups excluding carboxylic acids is 1. The molecule has 3 nitrogen and oxygen atoms in total. The molecule has 100 valence electrons. The van der Waals surface area contributed by atoms with Crippen LogP contribution >= 0.6 is 0 Å². The van der Waals surface area contributed by atoms with Gasteiger partial charge in [-0.2, -0.15) is 5.26 Å². The van der Waals surface area contributed by atoms with Crippen LogP contribution in [-0.2, 0) is 17.6 Å². The van der Waals surface area contributed by atoms with Gasteiger partial charge in [-0.3, -0.25) is 4.79 Å². The standard InChI is InChI=1S/C16H20N2O/c1-12(10-17)11-18(2)16(19)15-8-7-13-5-3-4-6-14(13)9-15/h3-6,12,15H,7-9,11H2,1-2H3. The maximum Gasteiger partial charge on any atom is 0.225 e. The number of hydrogen-bond donors (Lipinski definition) is 0. The van der Waals surface area contributed by atoms with Crippen LogP contribution in [0.5, 0.6) is 0 Å². The first-order valence-corrected chi connectivity index (χ1v) is 6.83.